The van der Waals surface area contributed by atoms with Gasteiger partial charge in [-0.05, 0) is 48.2 Å². The molecule has 2 rings (SSSR count). The molecular weight excluding hydrogens is 314 g/mol. The first-order valence-corrected chi connectivity index (χ1v) is 7.96. The predicted molar refractivity (Wildman–Crippen MR) is 76.9 cm³/mol. The van der Waals surface area contributed by atoms with Crippen molar-refractivity contribution < 1.29 is 9.53 Å². The van der Waals surface area contributed by atoms with Gasteiger partial charge in [-0.1, -0.05) is 0 Å². The highest BCUT2D eigenvalue weighted by Gasteiger charge is 2.23. The van der Waals surface area contributed by atoms with Gasteiger partial charge in [0.25, 0.3) is 0 Å². The highest BCUT2D eigenvalue weighted by atomic mass is 79.9. The van der Waals surface area contributed by atoms with Crippen LogP contribution < -0.4 is 5.32 Å². The maximum absolute atomic E-state index is 11.8. The molecule has 2 atom stereocenters. The maximum atomic E-state index is 11.8. The number of nitrogens with one attached hydrogen (secondary N) is 1. The van der Waals surface area contributed by atoms with Gasteiger partial charge in [0.1, 0.15) is 0 Å². The molecule has 0 aliphatic carbocycles. The standard InChI is InChI=1S/C13H18BrNO2S/c1-9(12-3-2-6-17-12)15-13(16)5-4-11-7-10(14)8-18-11/h7-9,12H,2-6H2,1H3,(H,15,16)/t9-,12+/m1/s1. The Morgan fingerprint density at radius 1 is 1.72 bits per heavy atom. The van der Waals surface area contributed by atoms with Crippen LogP contribution in [0.25, 0.3) is 0 Å². The fourth-order valence-electron chi connectivity index (χ4n) is 2.14. The molecule has 1 amide bonds. The molecule has 1 aromatic heterocycles. The van der Waals surface area contributed by atoms with Gasteiger partial charge >= 0.3 is 0 Å². The Morgan fingerprint density at radius 3 is 3.17 bits per heavy atom. The third kappa shape index (κ3) is 4.07. The lowest BCUT2D eigenvalue weighted by molar-refractivity contribution is -0.122. The predicted octanol–water partition coefficient (Wildman–Crippen LogP) is 3.13. The van der Waals surface area contributed by atoms with Gasteiger partial charge in [-0.2, -0.15) is 0 Å². The maximum Gasteiger partial charge on any atom is 0.220 e. The van der Waals surface area contributed by atoms with Gasteiger partial charge < -0.3 is 10.1 Å². The lowest BCUT2D eigenvalue weighted by Crippen LogP contribution is -2.40. The van der Waals surface area contributed by atoms with Crippen LogP contribution in [0.2, 0.25) is 0 Å². The van der Waals surface area contributed by atoms with E-state index in [1.807, 2.05) is 12.3 Å². The zero-order chi connectivity index (χ0) is 13.0. The number of carbonyl (C=O) groups is 1. The summed E-state index contributed by atoms with van der Waals surface area (Å²) in [5.74, 6) is 0.113. The summed E-state index contributed by atoms with van der Waals surface area (Å²) in [7, 11) is 0. The van der Waals surface area contributed by atoms with E-state index in [4.69, 9.17) is 4.74 Å². The second kappa shape index (κ2) is 6.68. The first-order valence-electron chi connectivity index (χ1n) is 6.29. The normalized spacial score (nSPS) is 20.9. The van der Waals surface area contributed by atoms with E-state index in [0.29, 0.717) is 6.42 Å². The molecule has 1 saturated heterocycles. The van der Waals surface area contributed by atoms with Crippen LogP contribution in [0.3, 0.4) is 0 Å². The van der Waals surface area contributed by atoms with E-state index >= 15 is 0 Å². The van der Waals surface area contributed by atoms with Crippen LogP contribution >= 0.6 is 27.3 Å². The minimum atomic E-state index is 0.113. The number of thiophene rings is 1. The zero-order valence-electron chi connectivity index (χ0n) is 10.4. The summed E-state index contributed by atoms with van der Waals surface area (Å²) < 4.78 is 6.66. The molecule has 0 saturated carbocycles. The number of hydrogen-bond donors (Lipinski definition) is 1. The molecule has 1 N–H and O–H groups in total. The third-order valence-corrected chi connectivity index (χ3v) is 4.89. The van der Waals surface area contributed by atoms with Crippen molar-refractivity contribution in [3.8, 4) is 0 Å². The molecule has 1 aliphatic heterocycles. The van der Waals surface area contributed by atoms with Crippen LogP contribution in [-0.4, -0.2) is 24.7 Å². The van der Waals surface area contributed by atoms with E-state index in [1.165, 1.54) is 4.88 Å². The molecule has 5 heteroatoms. The molecule has 0 unspecified atom stereocenters. The Labute approximate surface area is 120 Å². The molecule has 0 aromatic carbocycles. The van der Waals surface area contributed by atoms with Crippen LogP contribution in [0.5, 0.6) is 0 Å². The summed E-state index contributed by atoms with van der Waals surface area (Å²) in [6.45, 7) is 2.85. The van der Waals surface area contributed by atoms with E-state index in [0.717, 1.165) is 30.3 Å². The van der Waals surface area contributed by atoms with E-state index in [2.05, 4.69) is 27.3 Å². The molecule has 2 heterocycles. The van der Waals surface area contributed by atoms with Crippen molar-refractivity contribution >= 4 is 33.2 Å². The molecule has 100 valence electrons. The molecule has 1 fully saturated rings. The molecule has 0 spiro atoms. The first-order chi connectivity index (χ1) is 8.65. The monoisotopic (exact) mass is 331 g/mol. The Morgan fingerprint density at radius 2 is 2.56 bits per heavy atom. The van der Waals surface area contributed by atoms with Gasteiger partial charge in [0, 0.05) is 27.8 Å². The number of carbonyl (C=O) groups excluding carboxylic acids is 1. The molecule has 1 aliphatic rings. The summed E-state index contributed by atoms with van der Waals surface area (Å²) in [5, 5.41) is 5.07. The van der Waals surface area contributed by atoms with Gasteiger partial charge in [0.15, 0.2) is 0 Å². The van der Waals surface area contributed by atoms with Gasteiger partial charge in [-0.3, -0.25) is 4.79 Å². The molecule has 1 aromatic rings. The third-order valence-electron chi connectivity index (χ3n) is 3.13. The van der Waals surface area contributed by atoms with Crippen LogP contribution in [0.15, 0.2) is 15.9 Å². The number of hydrogen-bond acceptors (Lipinski definition) is 3. The smallest absolute Gasteiger partial charge is 0.220 e. The van der Waals surface area contributed by atoms with Gasteiger partial charge in [-0.25, -0.2) is 0 Å². The number of halogens is 1. The Bertz CT molecular complexity index is 401. The number of rotatable bonds is 5. The van der Waals surface area contributed by atoms with E-state index in [-0.39, 0.29) is 18.1 Å². The number of amides is 1. The minimum Gasteiger partial charge on any atom is -0.376 e. The summed E-state index contributed by atoms with van der Waals surface area (Å²) in [5.41, 5.74) is 0. The number of aryl methyl sites for hydroxylation is 1. The highest BCUT2D eigenvalue weighted by molar-refractivity contribution is 9.10. The number of ether oxygens (including phenoxy) is 1. The van der Waals surface area contributed by atoms with Crippen molar-refractivity contribution in [1.29, 1.82) is 0 Å². The molecule has 18 heavy (non-hydrogen) atoms. The first kappa shape index (κ1) is 14.0. The summed E-state index contributed by atoms with van der Waals surface area (Å²) >= 11 is 5.10. The average Bonchev–Trinajstić information content (AvgIpc) is 2.97. The SMILES string of the molecule is C[C@@H](NC(=O)CCc1cc(Br)cs1)[C@@H]1CCCO1. The average molecular weight is 332 g/mol. The quantitative estimate of drug-likeness (QED) is 0.900. The Balaban J connectivity index is 1.71. The molecule has 3 nitrogen and oxygen atoms in total. The van der Waals surface area contributed by atoms with Gasteiger partial charge in [0.2, 0.25) is 5.91 Å². The minimum absolute atomic E-state index is 0.113. The summed E-state index contributed by atoms with van der Waals surface area (Å²) in [6.07, 6.45) is 3.71. The van der Waals surface area contributed by atoms with Crippen LogP contribution in [0.4, 0.5) is 0 Å². The Kier molecular flexibility index (Phi) is 5.21. The summed E-state index contributed by atoms with van der Waals surface area (Å²) in [6, 6.07) is 2.19. The van der Waals surface area contributed by atoms with Crippen LogP contribution in [-0.2, 0) is 16.0 Å². The van der Waals surface area contributed by atoms with Crippen LogP contribution in [0, 0.1) is 0 Å². The van der Waals surface area contributed by atoms with Crippen molar-refractivity contribution in [3.63, 3.8) is 0 Å². The van der Waals surface area contributed by atoms with E-state index in [9.17, 15) is 4.79 Å². The van der Waals surface area contributed by atoms with Crippen molar-refractivity contribution in [2.24, 2.45) is 0 Å². The Hall–Kier alpha value is -0.390. The fourth-order valence-corrected chi connectivity index (χ4v) is 3.59. The lowest BCUT2D eigenvalue weighted by Gasteiger charge is -2.19. The van der Waals surface area contributed by atoms with Crippen molar-refractivity contribution in [3.05, 3.63) is 20.8 Å². The lowest BCUT2D eigenvalue weighted by atomic mass is 10.1. The zero-order valence-corrected chi connectivity index (χ0v) is 12.9. The van der Waals surface area contributed by atoms with Crippen LogP contribution in [0.1, 0.15) is 31.1 Å². The van der Waals surface area contributed by atoms with Crippen molar-refractivity contribution in [1.82, 2.24) is 5.32 Å². The van der Waals surface area contributed by atoms with Crippen molar-refractivity contribution in [2.75, 3.05) is 6.61 Å². The fraction of sp³-hybridized carbons (Fsp3) is 0.615. The topological polar surface area (TPSA) is 38.3 Å². The summed E-state index contributed by atoms with van der Waals surface area (Å²) in [4.78, 5) is 13.1. The second-order valence-corrected chi connectivity index (χ2v) is 6.55. The van der Waals surface area contributed by atoms with Gasteiger partial charge in [-0.15, -0.1) is 11.3 Å². The van der Waals surface area contributed by atoms with Gasteiger partial charge in [0.05, 0.1) is 12.1 Å². The molecule has 0 bridgehead atoms. The highest BCUT2D eigenvalue weighted by Crippen LogP contribution is 2.21. The largest absolute Gasteiger partial charge is 0.376 e. The van der Waals surface area contributed by atoms with E-state index < -0.39 is 0 Å². The molecular formula is C13H18BrNO2S. The van der Waals surface area contributed by atoms with E-state index in [1.54, 1.807) is 11.3 Å². The second-order valence-electron chi connectivity index (χ2n) is 4.64. The molecule has 0 radical (unpaired) electrons. The van der Waals surface area contributed by atoms with Crippen molar-refractivity contribution in [2.45, 2.75) is 44.8 Å².